The Kier molecular flexibility index (Phi) is 17.3. The molecule has 8 bridgehead atoms. The van der Waals surface area contributed by atoms with Gasteiger partial charge in [0, 0.05) is 0 Å². The van der Waals surface area contributed by atoms with Crippen LogP contribution in [-0.4, -0.2) is 213 Å². The van der Waals surface area contributed by atoms with Gasteiger partial charge in [0.2, 0.25) is 17.8 Å². The predicted molar refractivity (Wildman–Crippen MR) is 320 cm³/mol. The first-order chi connectivity index (χ1) is 43.4. The summed E-state index contributed by atoms with van der Waals surface area (Å²) >= 11 is 19.7. The number of nitrogens with two attached hydrogens (primary N) is 3. The van der Waals surface area contributed by atoms with Gasteiger partial charge in [-0.1, -0.05) is 12.2 Å². The van der Waals surface area contributed by atoms with Crippen molar-refractivity contribution in [2.24, 2.45) is 0 Å². The van der Waals surface area contributed by atoms with Gasteiger partial charge in [-0.3, -0.25) is 75.0 Å². The molecule has 0 saturated carbocycles. The number of nitrogen functional groups attached to an aromatic ring is 3. The van der Waals surface area contributed by atoms with Crippen LogP contribution in [0, 0.1) is 6.92 Å². The third-order valence-electron chi connectivity index (χ3n) is 14.9. The molecule has 6 fully saturated rings. The monoisotopic (exact) mass is 1440 g/mol. The Bertz CT molecular complexity index is 4110. The van der Waals surface area contributed by atoms with Crippen LogP contribution in [-0.2, 0) is 95.1 Å². The van der Waals surface area contributed by atoms with Gasteiger partial charge in [-0.15, -0.1) is 0 Å². The number of aliphatic hydroxyl groups is 4. The molecule has 0 radical (unpaired) electrons. The summed E-state index contributed by atoms with van der Waals surface area (Å²) in [5.41, 5.74) is 14.2. The normalized spacial score (nSPS) is 37.1. The summed E-state index contributed by atoms with van der Waals surface area (Å²) in [6.45, 7) is -18.0. The number of thiol groups is 1. The number of aliphatic hydroxyl groups excluding tert-OH is 4. The Balaban J connectivity index is 0.000000168. The van der Waals surface area contributed by atoms with Gasteiger partial charge < -0.3 is 89.8 Å². The van der Waals surface area contributed by atoms with E-state index < -0.39 is 174 Å². The number of hydrogen-bond acceptors (Lipinski definition) is 35. The van der Waals surface area contributed by atoms with E-state index in [2.05, 4.69) is 72.1 Å². The highest BCUT2D eigenvalue weighted by Gasteiger charge is 2.55. The van der Waals surface area contributed by atoms with Crippen LogP contribution in [0.3, 0.4) is 0 Å². The Morgan fingerprint density at radius 3 is 1.03 bits per heavy atom. The number of nitrogens with one attached hydrogen (secondary N) is 4. The Morgan fingerprint density at radius 1 is 0.467 bits per heavy atom. The molecule has 496 valence electrons. The highest BCUT2D eigenvalue weighted by atomic mass is 32.7. The number of fused-ring (bicyclic) bond motifs is 12. The maximum Gasteiger partial charge on any atom is 0.386 e. The van der Waals surface area contributed by atoms with E-state index in [4.69, 9.17) is 108 Å². The van der Waals surface area contributed by atoms with Crippen LogP contribution in [0.15, 0.2) is 44.5 Å². The number of anilines is 3. The van der Waals surface area contributed by atoms with E-state index in [1.165, 1.54) is 43.6 Å². The second-order valence-corrected chi connectivity index (χ2v) is 32.1. The van der Waals surface area contributed by atoms with E-state index in [9.17, 15) is 58.8 Å². The molecule has 17 N–H and O–H groups in total. The van der Waals surface area contributed by atoms with E-state index in [0.29, 0.717) is 0 Å². The van der Waals surface area contributed by atoms with Crippen LogP contribution in [0.5, 0.6) is 0 Å². The lowest BCUT2D eigenvalue weighted by Crippen LogP contribution is -2.38. The largest absolute Gasteiger partial charge is 0.387 e. The smallest absolute Gasteiger partial charge is 0.386 e. The minimum Gasteiger partial charge on any atom is -0.387 e. The molecule has 4 unspecified atom stereocenters. The van der Waals surface area contributed by atoms with Crippen molar-refractivity contribution in [3.63, 3.8) is 0 Å². The van der Waals surface area contributed by atoms with Crippen LogP contribution in [0.4, 0.5) is 17.8 Å². The minimum atomic E-state index is -4.38. The van der Waals surface area contributed by atoms with E-state index >= 15 is 0 Å². The van der Waals surface area contributed by atoms with E-state index in [-0.39, 0.29) is 68.3 Å². The molecule has 20 atom stereocenters. The van der Waals surface area contributed by atoms with Crippen LogP contribution in [0.25, 0.3) is 44.7 Å². The molecular formula is C41H49N19O24P4S4. The first-order valence-corrected chi connectivity index (χ1v) is 37.0. The quantitative estimate of drug-likeness (QED) is 0.0588. The maximum absolute atomic E-state index is 13.5. The van der Waals surface area contributed by atoms with Crippen LogP contribution < -0.4 is 39.4 Å². The third-order valence-corrected chi connectivity index (χ3v) is 21.2. The number of imidazole rings is 4. The first-order valence-electron chi connectivity index (χ1n) is 26.5. The molecule has 92 heavy (non-hydrogen) atoms. The molecule has 14 heterocycles. The fourth-order valence-electron chi connectivity index (χ4n) is 10.8. The molecular weight excluding hydrogens is 1390 g/mol. The van der Waals surface area contributed by atoms with E-state index in [1.807, 2.05) is 0 Å². The Hall–Kier alpha value is -5.43. The average Bonchev–Trinajstić information content (AvgIpc) is 1.64. The molecule has 51 heteroatoms. The topological polar surface area (TPSA) is 602 Å². The Morgan fingerprint density at radius 2 is 0.728 bits per heavy atom. The van der Waals surface area contributed by atoms with Gasteiger partial charge in [-0.2, -0.15) is 15.0 Å². The molecule has 43 nitrogen and oxygen atoms in total. The molecule has 8 aromatic heterocycles. The van der Waals surface area contributed by atoms with Crippen molar-refractivity contribution < 1.29 is 94.8 Å². The lowest BCUT2D eigenvalue weighted by atomic mass is 10.1. The van der Waals surface area contributed by atoms with Crippen molar-refractivity contribution in [3.05, 3.63) is 72.5 Å². The zero-order valence-corrected chi connectivity index (χ0v) is 52.9. The van der Waals surface area contributed by atoms with Crippen molar-refractivity contribution in [3.8, 4) is 0 Å². The fraction of sp³-hybridized carbons (Fsp3) is 0.512. The maximum atomic E-state index is 13.5. The van der Waals surface area contributed by atoms with Gasteiger partial charge in [-0.25, -0.2) is 29.5 Å². The summed E-state index contributed by atoms with van der Waals surface area (Å²) in [6.07, 6.45) is -18.0. The summed E-state index contributed by atoms with van der Waals surface area (Å²) in [6, 6.07) is 0. The van der Waals surface area contributed by atoms with Crippen LogP contribution in [0.1, 0.15) is 30.7 Å². The summed E-state index contributed by atoms with van der Waals surface area (Å²) in [7, 11) is 0. The molecule has 0 aromatic carbocycles. The zero-order chi connectivity index (χ0) is 65.4. The summed E-state index contributed by atoms with van der Waals surface area (Å²) in [5, 5.41) is 44.8. The summed E-state index contributed by atoms with van der Waals surface area (Å²) < 4.78 is 87.3. The highest BCUT2D eigenvalue weighted by Crippen LogP contribution is 2.59. The molecule has 0 aliphatic carbocycles. The average molecular weight is 1440 g/mol. The molecule has 6 aliphatic heterocycles. The van der Waals surface area contributed by atoms with E-state index in [0.717, 1.165) is 0 Å². The molecule has 6 saturated heterocycles. The number of aryl methyl sites for hydroxylation is 1. The minimum absolute atomic E-state index is 0.0394. The summed E-state index contributed by atoms with van der Waals surface area (Å²) in [5.74, 6) is -0.435. The Labute approximate surface area is 528 Å². The molecule has 0 amide bonds. The van der Waals surface area contributed by atoms with Crippen molar-refractivity contribution in [2.45, 2.75) is 105 Å². The number of nitrogens with zero attached hydrogens (tertiary/aromatic N) is 12. The van der Waals surface area contributed by atoms with Gasteiger partial charge in [0.25, 0.3) is 22.2 Å². The van der Waals surface area contributed by atoms with Gasteiger partial charge in [0.15, 0.2) is 69.6 Å². The van der Waals surface area contributed by atoms with Gasteiger partial charge in [0.1, 0.15) is 79.1 Å². The lowest BCUT2D eigenvalue weighted by molar-refractivity contribution is -0.0615. The third kappa shape index (κ3) is 12.4. The SMILES string of the molecule is Cc1nc2c(ncn2[C@@H]2O[C@@H]3COP(O)(=S)O[C@@H]4[C@H](O)[C@@H](COP(=O)(S)O[C@@H]2[C@@H]3O)O[C@H]4n2cnc3c(=O)[nH]c(N)nc32)c(=O)[nH]1.Nc1nc2c(ncn2[C@@H]2O[C@@H]3COP(O)(=S)O[C@@H]4[C@H](O)[C@@H](COP(O)(=S)O[C@@H]2[C@@H]3O)O[C@H]4n2cnc3c(=O)[nH]c(N)nc32)c(=O)[nH]1. The standard InChI is InChI=1S/C21H25N9O12P2S2.C20H24N10O12P2S2/c1-6-25-15-9(17(33)26-6)23-4-29(15)19-13-11(31)7(39-19)2-37-44(36,46)42-14-12(32)8(3-38-43(35,45)41-13)40-20(14)30-5-24-10-16(30)27-21(22)28-18(10)34;21-19-25-13-7(15(33)27-19)23-3-29(13)17-11-9(31)5(39-17)1-37-43(35,45)41-12-10(32)6(2-38-44(36,46)42-11)40-18(12)30-4-24-8-14(30)26-20(22)28-16(8)34/h4-5,7-8,11-14,19-20,31-32H,2-3H2,1H3,(H,35,45)(H,36,46)(H,25,26,33)(H3,22,27,28,34);3-6,9-12,17-18,31-32H,1-2H2,(H,35,45)(H,36,46)(H3,21,25,27,33)(H3,22,26,28,34)/t7-,8-,11-,12-,13-,14-,19-,20-,43?,44?;5-,6-,9-,10-,11-,12-,17-,18-,43?,44?/m11/s1. The molecule has 0 spiro atoms. The van der Waals surface area contributed by atoms with Crippen LogP contribution in [0.2, 0.25) is 0 Å². The van der Waals surface area contributed by atoms with Crippen molar-refractivity contribution in [2.75, 3.05) is 43.6 Å². The predicted octanol–water partition coefficient (Wildman–Crippen LogP) is -4.08. The summed E-state index contributed by atoms with van der Waals surface area (Å²) in [4.78, 5) is 125. The van der Waals surface area contributed by atoms with E-state index in [1.54, 1.807) is 6.92 Å². The second kappa shape index (κ2) is 24.3. The number of aromatic amines is 4. The number of H-pyrrole nitrogens is 4. The second-order valence-electron chi connectivity index (χ2n) is 20.9. The van der Waals surface area contributed by atoms with Crippen LogP contribution >= 0.6 is 39.2 Å². The highest BCUT2D eigenvalue weighted by molar-refractivity contribution is 8.44. The first kappa shape index (κ1) is 65.2. The van der Waals surface area contributed by atoms with Gasteiger partial charge >= 0.3 is 27.0 Å². The zero-order valence-electron chi connectivity index (χ0n) is 46.0. The number of rotatable bonds is 4. The fourth-order valence-corrected chi connectivity index (χ4v) is 16.5. The van der Waals surface area contributed by atoms with Crippen molar-refractivity contribution >= 4 is 137 Å². The van der Waals surface area contributed by atoms with Gasteiger partial charge in [0.05, 0.1) is 51.7 Å². The molecule has 14 rings (SSSR count). The lowest BCUT2D eigenvalue weighted by Gasteiger charge is -2.28. The molecule has 8 aromatic rings. The molecule has 6 aliphatic rings. The number of aromatic nitrogens is 16. The number of hydrogen-bond donors (Lipinski definition) is 15. The van der Waals surface area contributed by atoms with Crippen molar-refractivity contribution in [1.82, 2.24) is 78.1 Å². The van der Waals surface area contributed by atoms with Crippen molar-refractivity contribution in [1.29, 1.82) is 0 Å². The van der Waals surface area contributed by atoms with Gasteiger partial charge in [-0.05, 0) is 42.3 Å². The number of ether oxygens (including phenoxy) is 4.